The van der Waals surface area contributed by atoms with Gasteiger partial charge in [0, 0.05) is 0 Å². The minimum Gasteiger partial charge on any atom is -0.484 e. The molecule has 0 bridgehead atoms. The van der Waals surface area contributed by atoms with Gasteiger partial charge in [-0.15, -0.1) is 0 Å². The fourth-order valence-corrected chi connectivity index (χ4v) is 4.01. The Morgan fingerprint density at radius 3 is 2.59 bits per heavy atom. The summed E-state index contributed by atoms with van der Waals surface area (Å²) < 4.78 is 13.3. The van der Waals surface area contributed by atoms with Gasteiger partial charge in [0.05, 0.1) is 16.8 Å². The number of esters is 1. The number of nitrogens with zero attached hydrogens (tertiary/aromatic N) is 2. The van der Waals surface area contributed by atoms with Gasteiger partial charge in [-0.25, -0.2) is 0 Å². The van der Waals surface area contributed by atoms with E-state index in [1.807, 2.05) is 51.1 Å². The summed E-state index contributed by atoms with van der Waals surface area (Å²) in [6, 6.07) is 11.5. The molecule has 0 spiro atoms. The van der Waals surface area contributed by atoms with Crippen LogP contribution in [0.2, 0.25) is 0 Å². The molecular weight excluding hydrogens is 388 g/mol. The predicted molar refractivity (Wildman–Crippen MR) is 113 cm³/mol. The van der Waals surface area contributed by atoms with Crippen LogP contribution in [-0.4, -0.2) is 29.7 Å². The van der Waals surface area contributed by atoms with Crippen molar-refractivity contribution >= 4 is 33.4 Å². The van der Waals surface area contributed by atoms with Gasteiger partial charge in [-0.2, -0.15) is 4.99 Å². The van der Waals surface area contributed by atoms with E-state index in [1.54, 1.807) is 17.6 Å². The molecule has 0 N–H and O–H groups in total. The lowest BCUT2D eigenvalue weighted by Crippen LogP contribution is -2.24. The average Bonchev–Trinajstić information content (AvgIpc) is 2.97. The van der Waals surface area contributed by atoms with Gasteiger partial charge in [0.15, 0.2) is 11.4 Å². The van der Waals surface area contributed by atoms with Crippen LogP contribution in [-0.2, 0) is 20.9 Å². The van der Waals surface area contributed by atoms with Crippen LogP contribution >= 0.6 is 11.3 Å². The first-order valence-electron chi connectivity index (χ1n) is 9.40. The Morgan fingerprint density at radius 1 is 1.10 bits per heavy atom. The van der Waals surface area contributed by atoms with Gasteiger partial charge in [-0.3, -0.25) is 9.59 Å². The van der Waals surface area contributed by atoms with Crippen molar-refractivity contribution in [1.82, 2.24) is 4.57 Å². The summed E-state index contributed by atoms with van der Waals surface area (Å²) in [6.07, 6.45) is 0. The molecule has 0 fully saturated rings. The predicted octanol–water partition coefficient (Wildman–Crippen LogP) is 3.70. The van der Waals surface area contributed by atoms with Crippen molar-refractivity contribution < 1.29 is 19.1 Å². The first kappa shape index (κ1) is 20.8. The van der Waals surface area contributed by atoms with Gasteiger partial charge < -0.3 is 14.0 Å². The van der Waals surface area contributed by atoms with Crippen LogP contribution in [0, 0.1) is 20.8 Å². The fourth-order valence-electron chi connectivity index (χ4n) is 2.88. The highest BCUT2D eigenvalue weighted by Crippen LogP contribution is 2.22. The summed E-state index contributed by atoms with van der Waals surface area (Å²) >= 11 is 1.37. The van der Waals surface area contributed by atoms with Gasteiger partial charge in [-0.1, -0.05) is 23.5 Å². The fraction of sp³-hybridized carbons (Fsp3) is 0.318. The van der Waals surface area contributed by atoms with Crippen molar-refractivity contribution in [3.8, 4) is 5.75 Å². The Kier molecular flexibility index (Phi) is 6.49. The highest BCUT2D eigenvalue weighted by atomic mass is 32.1. The largest absolute Gasteiger partial charge is 0.484 e. The lowest BCUT2D eigenvalue weighted by atomic mass is 10.1. The first-order valence-corrected chi connectivity index (χ1v) is 10.2. The molecule has 0 aliphatic carbocycles. The van der Waals surface area contributed by atoms with Crippen LogP contribution in [0.5, 0.6) is 5.75 Å². The Labute approximate surface area is 173 Å². The number of hydrogen-bond donors (Lipinski definition) is 0. The van der Waals surface area contributed by atoms with Crippen molar-refractivity contribution in [3.63, 3.8) is 0 Å². The molecule has 1 aromatic heterocycles. The number of benzene rings is 2. The summed E-state index contributed by atoms with van der Waals surface area (Å²) in [5.41, 5.74) is 4.16. The highest BCUT2D eigenvalue weighted by Gasteiger charge is 2.13. The summed E-state index contributed by atoms with van der Waals surface area (Å²) in [5.74, 6) is -0.157. The van der Waals surface area contributed by atoms with Gasteiger partial charge in [0.25, 0.3) is 5.91 Å². The normalized spacial score (nSPS) is 11.7. The monoisotopic (exact) mass is 412 g/mol. The van der Waals surface area contributed by atoms with E-state index in [-0.39, 0.29) is 19.1 Å². The lowest BCUT2D eigenvalue weighted by molar-refractivity contribution is -0.143. The van der Waals surface area contributed by atoms with Crippen molar-refractivity contribution in [1.29, 1.82) is 0 Å². The van der Waals surface area contributed by atoms with Gasteiger partial charge in [-0.05, 0) is 68.7 Å². The van der Waals surface area contributed by atoms with Crippen molar-refractivity contribution in [2.24, 2.45) is 4.99 Å². The number of fused-ring (bicyclic) bond motifs is 1. The van der Waals surface area contributed by atoms with Crippen LogP contribution in [0.1, 0.15) is 23.6 Å². The minimum absolute atomic E-state index is 0.00118. The smallest absolute Gasteiger partial charge is 0.326 e. The number of rotatable bonds is 6. The van der Waals surface area contributed by atoms with Crippen molar-refractivity contribution in [2.75, 3.05) is 13.2 Å². The third kappa shape index (κ3) is 5.12. The number of aryl methyl sites for hydroxylation is 3. The lowest BCUT2D eigenvalue weighted by Gasteiger charge is -2.07. The van der Waals surface area contributed by atoms with Gasteiger partial charge in [0.2, 0.25) is 0 Å². The molecular formula is C22H24N2O4S. The molecule has 0 aliphatic heterocycles. The average molecular weight is 413 g/mol. The molecule has 152 valence electrons. The zero-order valence-corrected chi connectivity index (χ0v) is 17.8. The van der Waals surface area contributed by atoms with E-state index in [4.69, 9.17) is 9.47 Å². The Bertz CT molecular complexity index is 1130. The van der Waals surface area contributed by atoms with E-state index in [9.17, 15) is 9.59 Å². The van der Waals surface area contributed by atoms with E-state index in [1.165, 1.54) is 11.3 Å². The third-order valence-corrected chi connectivity index (χ3v) is 5.50. The molecule has 1 amide bonds. The molecule has 0 radical (unpaired) electrons. The van der Waals surface area contributed by atoms with E-state index in [0.29, 0.717) is 17.2 Å². The second-order valence-corrected chi connectivity index (χ2v) is 7.80. The zero-order chi connectivity index (χ0) is 21.0. The molecule has 2 aromatic carbocycles. The summed E-state index contributed by atoms with van der Waals surface area (Å²) in [7, 11) is 0. The highest BCUT2D eigenvalue weighted by molar-refractivity contribution is 7.16. The Hall–Kier alpha value is -2.93. The molecule has 0 aliphatic rings. The second kappa shape index (κ2) is 9.05. The zero-order valence-electron chi connectivity index (χ0n) is 17.0. The second-order valence-electron chi connectivity index (χ2n) is 6.79. The van der Waals surface area contributed by atoms with Crippen LogP contribution < -0.4 is 9.54 Å². The molecule has 0 saturated heterocycles. The number of amides is 1. The number of carbonyl (C=O) groups is 2. The first-order chi connectivity index (χ1) is 13.9. The quantitative estimate of drug-likeness (QED) is 0.579. The number of thiazole rings is 1. The van der Waals surface area contributed by atoms with Gasteiger partial charge in [0.1, 0.15) is 12.3 Å². The number of carbonyl (C=O) groups excluding carboxylic acids is 2. The van der Waals surface area contributed by atoms with Gasteiger partial charge >= 0.3 is 5.97 Å². The van der Waals surface area contributed by atoms with E-state index >= 15 is 0 Å². The number of aromatic nitrogens is 1. The van der Waals surface area contributed by atoms with Crippen LogP contribution in [0.4, 0.5) is 0 Å². The molecule has 6 nitrogen and oxygen atoms in total. The molecule has 3 rings (SSSR count). The van der Waals surface area contributed by atoms with Crippen LogP contribution in [0.3, 0.4) is 0 Å². The van der Waals surface area contributed by atoms with Crippen molar-refractivity contribution in [3.05, 3.63) is 57.9 Å². The third-order valence-electron chi connectivity index (χ3n) is 4.46. The number of hydrogen-bond acceptors (Lipinski definition) is 5. The summed E-state index contributed by atoms with van der Waals surface area (Å²) in [5, 5.41) is 0. The standard InChI is InChI=1S/C22H24N2O4S/c1-5-27-21(26)12-24-18-10-15(3)16(4)11-19(18)29-22(24)23-20(25)13-28-17-8-6-7-14(2)9-17/h6-11H,5,12-13H2,1-4H3. The molecule has 29 heavy (non-hydrogen) atoms. The summed E-state index contributed by atoms with van der Waals surface area (Å²) in [4.78, 5) is 29.2. The number of ether oxygens (including phenoxy) is 2. The molecule has 7 heteroatoms. The molecule has 0 saturated carbocycles. The molecule has 1 heterocycles. The molecule has 0 atom stereocenters. The summed E-state index contributed by atoms with van der Waals surface area (Å²) in [6.45, 7) is 7.89. The van der Waals surface area contributed by atoms with Crippen LogP contribution in [0.25, 0.3) is 10.2 Å². The SMILES string of the molecule is CCOC(=O)Cn1c(=NC(=O)COc2cccc(C)c2)sc2cc(C)c(C)cc21. The maximum absolute atomic E-state index is 12.4. The van der Waals surface area contributed by atoms with E-state index in [0.717, 1.165) is 26.9 Å². The van der Waals surface area contributed by atoms with E-state index in [2.05, 4.69) is 4.99 Å². The topological polar surface area (TPSA) is 69.9 Å². The maximum Gasteiger partial charge on any atom is 0.326 e. The molecule has 3 aromatic rings. The van der Waals surface area contributed by atoms with E-state index < -0.39 is 5.91 Å². The molecule has 0 unspecified atom stereocenters. The Morgan fingerprint density at radius 2 is 1.86 bits per heavy atom. The van der Waals surface area contributed by atoms with Crippen LogP contribution in [0.15, 0.2) is 41.4 Å². The van der Waals surface area contributed by atoms with Crippen molar-refractivity contribution in [2.45, 2.75) is 34.2 Å². The maximum atomic E-state index is 12.4. The minimum atomic E-state index is -0.413. The Balaban J connectivity index is 1.93.